The number of benzene rings is 2. The SMILES string of the molecule is CCCCN1C(=O)NC(=O)/C(=C/c2ccc(OC)c(CN3C(=O)c4ccccc4C3=O)c2)C1=O. The summed E-state index contributed by atoms with van der Waals surface area (Å²) in [5.41, 5.74) is 1.51. The largest absolute Gasteiger partial charge is 0.496 e. The molecule has 2 aromatic rings. The number of barbiturate groups is 1. The fraction of sp³-hybridized carbons (Fsp3) is 0.240. The van der Waals surface area contributed by atoms with E-state index in [-0.39, 0.29) is 18.7 Å². The quantitative estimate of drug-likeness (QED) is 0.385. The van der Waals surface area contributed by atoms with Crippen molar-refractivity contribution in [2.45, 2.75) is 26.3 Å². The van der Waals surface area contributed by atoms with Gasteiger partial charge >= 0.3 is 6.03 Å². The lowest BCUT2D eigenvalue weighted by molar-refractivity contribution is -0.130. The lowest BCUT2D eigenvalue weighted by atomic mass is 10.0. The summed E-state index contributed by atoms with van der Waals surface area (Å²) in [6.07, 6.45) is 2.78. The van der Waals surface area contributed by atoms with Crippen LogP contribution in [0.4, 0.5) is 4.79 Å². The van der Waals surface area contributed by atoms with E-state index in [1.54, 1.807) is 42.5 Å². The number of ether oxygens (including phenoxy) is 1. The van der Waals surface area contributed by atoms with Crippen molar-refractivity contribution in [3.8, 4) is 5.75 Å². The van der Waals surface area contributed by atoms with Crippen LogP contribution in [-0.4, -0.2) is 53.1 Å². The van der Waals surface area contributed by atoms with E-state index in [9.17, 15) is 24.0 Å². The van der Waals surface area contributed by atoms with E-state index >= 15 is 0 Å². The number of hydrogen-bond acceptors (Lipinski definition) is 6. The van der Waals surface area contributed by atoms with Gasteiger partial charge in [-0.25, -0.2) is 4.79 Å². The molecule has 9 nitrogen and oxygen atoms in total. The fourth-order valence-electron chi connectivity index (χ4n) is 3.94. The van der Waals surface area contributed by atoms with Crippen LogP contribution in [0.5, 0.6) is 5.75 Å². The summed E-state index contributed by atoms with van der Waals surface area (Å²) in [6, 6.07) is 10.8. The van der Waals surface area contributed by atoms with E-state index in [2.05, 4.69) is 5.32 Å². The Morgan fingerprint density at radius 3 is 2.21 bits per heavy atom. The molecule has 1 saturated heterocycles. The van der Waals surface area contributed by atoms with Gasteiger partial charge in [-0.15, -0.1) is 0 Å². The first-order valence-corrected chi connectivity index (χ1v) is 10.9. The van der Waals surface area contributed by atoms with Crippen molar-refractivity contribution >= 4 is 35.7 Å². The van der Waals surface area contributed by atoms with Gasteiger partial charge in [-0.3, -0.25) is 34.3 Å². The highest BCUT2D eigenvalue weighted by Gasteiger charge is 2.36. The molecule has 174 valence electrons. The number of fused-ring (bicyclic) bond motifs is 1. The summed E-state index contributed by atoms with van der Waals surface area (Å²) < 4.78 is 5.40. The highest BCUT2D eigenvalue weighted by Crippen LogP contribution is 2.29. The Labute approximate surface area is 196 Å². The molecule has 0 aliphatic carbocycles. The molecule has 1 fully saturated rings. The molecule has 2 aliphatic rings. The molecule has 6 amide bonds. The summed E-state index contributed by atoms with van der Waals surface area (Å²) in [6.45, 7) is 2.09. The van der Waals surface area contributed by atoms with Crippen LogP contribution in [0.1, 0.15) is 51.6 Å². The van der Waals surface area contributed by atoms with Gasteiger partial charge in [-0.1, -0.05) is 31.5 Å². The Balaban J connectivity index is 1.64. The Kier molecular flexibility index (Phi) is 6.27. The molecule has 2 heterocycles. The summed E-state index contributed by atoms with van der Waals surface area (Å²) >= 11 is 0. The Bertz CT molecular complexity index is 1210. The molecule has 0 aromatic heterocycles. The molecule has 2 aromatic carbocycles. The predicted octanol–water partition coefficient (Wildman–Crippen LogP) is 2.75. The van der Waals surface area contributed by atoms with E-state index in [0.717, 1.165) is 16.2 Å². The number of rotatable bonds is 7. The number of methoxy groups -OCH3 is 1. The van der Waals surface area contributed by atoms with E-state index in [1.807, 2.05) is 6.92 Å². The van der Waals surface area contributed by atoms with Crippen molar-refractivity contribution in [2.24, 2.45) is 0 Å². The zero-order chi connectivity index (χ0) is 24.4. The van der Waals surface area contributed by atoms with Crippen LogP contribution in [0.3, 0.4) is 0 Å². The first kappa shape index (κ1) is 22.9. The second-order valence-electron chi connectivity index (χ2n) is 7.94. The molecule has 1 N–H and O–H groups in total. The maximum atomic E-state index is 12.8. The van der Waals surface area contributed by atoms with Gasteiger partial charge in [0, 0.05) is 12.1 Å². The number of carbonyl (C=O) groups excluding carboxylic acids is 5. The normalized spacial score (nSPS) is 16.9. The average Bonchev–Trinajstić information content (AvgIpc) is 3.07. The average molecular weight is 461 g/mol. The molecule has 0 saturated carbocycles. The van der Waals surface area contributed by atoms with Crippen LogP contribution < -0.4 is 10.1 Å². The van der Waals surface area contributed by atoms with Gasteiger partial charge in [-0.2, -0.15) is 0 Å². The summed E-state index contributed by atoms with van der Waals surface area (Å²) in [5.74, 6) is -1.81. The van der Waals surface area contributed by atoms with E-state index in [4.69, 9.17) is 4.74 Å². The van der Waals surface area contributed by atoms with Crippen molar-refractivity contribution in [3.05, 3.63) is 70.3 Å². The van der Waals surface area contributed by atoms with Crippen LogP contribution in [0.25, 0.3) is 6.08 Å². The molecule has 0 bridgehead atoms. The molecule has 0 unspecified atom stereocenters. The van der Waals surface area contributed by atoms with Crippen LogP contribution in [0.15, 0.2) is 48.0 Å². The number of carbonyl (C=O) groups is 5. The van der Waals surface area contributed by atoms with Crippen LogP contribution >= 0.6 is 0 Å². The smallest absolute Gasteiger partial charge is 0.331 e. The summed E-state index contributed by atoms with van der Waals surface area (Å²) in [7, 11) is 1.47. The lowest BCUT2D eigenvalue weighted by Crippen LogP contribution is -2.54. The fourth-order valence-corrected chi connectivity index (χ4v) is 3.94. The number of unbranched alkanes of at least 4 members (excludes halogenated alkanes) is 1. The minimum absolute atomic E-state index is 0.0478. The van der Waals surface area contributed by atoms with Gasteiger partial charge in [-0.05, 0) is 42.3 Å². The Morgan fingerprint density at radius 1 is 0.912 bits per heavy atom. The van der Waals surface area contributed by atoms with E-state index in [0.29, 0.717) is 34.4 Å². The maximum absolute atomic E-state index is 12.8. The highest BCUT2D eigenvalue weighted by molar-refractivity contribution is 6.31. The number of hydrogen-bond donors (Lipinski definition) is 1. The van der Waals surface area contributed by atoms with Gasteiger partial charge in [0.1, 0.15) is 11.3 Å². The number of imide groups is 3. The summed E-state index contributed by atoms with van der Waals surface area (Å²) in [5, 5.41) is 2.19. The van der Waals surface area contributed by atoms with E-state index in [1.165, 1.54) is 13.2 Å². The zero-order valence-electron chi connectivity index (χ0n) is 18.8. The van der Waals surface area contributed by atoms with Crippen LogP contribution in [0, 0.1) is 0 Å². The molecule has 34 heavy (non-hydrogen) atoms. The number of urea groups is 1. The first-order chi connectivity index (χ1) is 16.3. The van der Waals surface area contributed by atoms with Gasteiger partial charge in [0.05, 0.1) is 24.8 Å². The minimum Gasteiger partial charge on any atom is -0.496 e. The molecular formula is C25H23N3O6. The molecule has 0 radical (unpaired) electrons. The van der Waals surface area contributed by atoms with Gasteiger partial charge < -0.3 is 4.74 Å². The van der Waals surface area contributed by atoms with Crippen LogP contribution in [-0.2, 0) is 16.1 Å². The highest BCUT2D eigenvalue weighted by atomic mass is 16.5. The Hall–Kier alpha value is -4.27. The molecule has 2 aliphatic heterocycles. The topological polar surface area (TPSA) is 113 Å². The van der Waals surface area contributed by atoms with Crippen molar-refractivity contribution in [1.29, 1.82) is 0 Å². The molecular weight excluding hydrogens is 438 g/mol. The van der Waals surface area contributed by atoms with Gasteiger partial charge in [0.2, 0.25) is 0 Å². The molecule has 0 atom stereocenters. The third-order valence-corrected chi connectivity index (χ3v) is 5.74. The van der Waals surface area contributed by atoms with E-state index < -0.39 is 29.7 Å². The van der Waals surface area contributed by atoms with Crippen molar-refractivity contribution in [2.75, 3.05) is 13.7 Å². The van der Waals surface area contributed by atoms with Crippen molar-refractivity contribution in [1.82, 2.24) is 15.1 Å². The zero-order valence-corrected chi connectivity index (χ0v) is 18.8. The molecule has 9 heteroatoms. The van der Waals surface area contributed by atoms with Gasteiger partial charge in [0.15, 0.2) is 0 Å². The molecule has 0 spiro atoms. The number of nitrogens with one attached hydrogen (secondary N) is 1. The second kappa shape index (κ2) is 9.30. The molecule has 4 rings (SSSR count). The lowest BCUT2D eigenvalue weighted by Gasteiger charge is -2.26. The summed E-state index contributed by atoms with van der Waals surface area (Å²) in [4.78, 5) is 64.9. The Morgan fingerprint density at radius 2 is 1.59 bits per heavy atom. The second-order valence-corrected chi connectivity index (χ2v) is 7.94. The van der Waals surface area contributed by atoms with Crippen LogP contribution in [0.2, 0.25) is 0 Å². The van der Waals surface area contributed by atoms with Crippen molar-refractivity contribution in [3.63, 3.8) is 0 Å². The predicted molar refractivity (Wildman–Crippen MR) is 122 cm³/mol. The third kappa shape index (κ3) is 4.07. The number of nitrogens with zero attached hydrogens (tertiary/aromatic N) is 2. The van der Waals surface area contributed by atoms with Crippen molar-refractivity contribution < 1.29 is 28.7 Å². The third-order valence-electron chi connectivity index (χ3n) is 5.74. The standard InChI is InChI=1S/C25H23N3O6/c1-3-4-11-27-24(32)19(21(29)26-25(27)33)13-15-9-10-20(34-2)16(12-15)14-28-22(30)17-7-5-6-8-18(17)23(28)31/h5-10,12-13H,3-4,11,14H2,1-2H3,(H,26,29,33)/b19-13-. The first-order valence-electron chi connectivity index (χ1n) is 10.9. The minimum atomic E-state index is -0.777. The maximum Gasteiger partial charge on any atom is 0.331 e. The monoisotopic (exact) mass is 461 g/mol. The van der Waals surface area contributed by atoms with Gasteiger partial charge in [0.25, 0.3) is 23.6 Å². The number of amides is 6.